The smallest absolute Gasteiger partial charge is 0.323 e. The Hall–Kier alpha value is -4.22. The van der Waals surface area contributed by atoms with E-state index in [9.17, 15) is 9.59 Å². The van der Waals surface area contributed by atoms with Gasteiger partial charge in [-0.3, -0.25) is 14.9 Å². The van der Waals surface area contributed by atoms with Gasteiger partial charge in [-0.2, -0.15) is 0 Å². The van der Waals surface area contributed by atoms with Crippen molar-refractivity contribution in [1.29, 1.82) is 0 Å². The van der Waals surface area contributed by atoms with E-state index in [0.29, 0.717) is 5.76 Å². The number of methoxy groups -OCH3 is 1. The van der Waals surface area contributed by atoms with Crippen molar-refractivity contribution < 1.29 is 18.7 Å². The summed E-state index contributed by atoms with van der Waals surface area (Å²) < 4.78 is 10.4. The average molecular weight is 466 g/mol. The van der Waals surface area contributed by atoms with Gasteiger partial charge in [0.15, 0.2) is 5.78 Å². The lowest BCUT2D eigenvalue weighted by Gasteiger charge is -2.39. The van der Waals surface area contributed by atoms with Gasteiger partial charge in [0, 0.05) is 6.42 Å². The third-order valence-electron chi connectivity index (χ3n) is 5.88. The second kappa shape index (κ2) is 11.3. The normalized spacial score (nSPS) is 12.4. The van der Waals surface area contributed by atoms with Crippen LogP contribution in [0.4, 0.5) is 0 Å². The number of ether oxygens (including phenoxy) is 1. The van der Waals surface area contributed by atoms with Gasteiger partial charge in [0.05, 0.1) is 18.9 Å². The van der Waals surface area contributed by atoms with Crippen molar-refractivity contribution in [3.8, 4) is 0 Å². The summed E-state index contributed by atoms with van der Waals surface area (Å²) in [6.45, 7) is 0. The number of carbonyl (C=O) groups is 2. The molecule has 3 aromatic carbocycles. The van der Waals surface area contributed by atoms with Crippen molar-refractivity contribution in [2.75, 3.05) is 7.11 Å². The molecule has 4 rings (SSSR count). The molecule has 0 saturated carbocycles. The lowest BCUT2D eigenvalue weighted by molar-refractivity contribution is -0.144. The number of carbonyl (C=O) groups excluding carboxylic acids is 2. The molecule has 0 aliphatic heterocycles. The lowest BCUT2D eigenvalue weighted by Crippen LogP contribution is -2.53. The van der Waals surface area contributed by atoms with E-state index in [1.54, 1.807) is 18.2 Å². The summed E-state index contributed by atoms with van der Waals surface area (Å²) >= 11 is 0. The van der Waals surface area contributed by atoms with Crippen LogP contribution in [0.15, 0.2) is 120 Å². The van der Waals surface area contributed by atoms with Crippen molar-refractivity contribution >= 4 is 17.8 Å². The van der Waals surface area contributed by atoms with Crippen molar-refractivity contribution in [3.05, 3.63) is 138 Å². The van der Waals surface area contributed by atoms with Gasteiger partial charge in [0.1, 0.15) is 11.8 Å². The number of ketones is 1. The van der Waals surface area contributed by atoms with E-state index in [1.807, 2.05) is 91.0 Å². The molecule has 0 amide bonds. The fourth-order valence-corrected chi connectivity index (χ4v) is 4.24. The topological polar surface area (TPSA) is 68.5 Å². The predicted octanol–water partition coefficient (Wildman–Crippen LogP) is 5.38. The predicted molar refractivity (Wildman–Crippen MR) is 136 cm³/mol. The molecule has 5 nitrogen and oxygen atoms in total. The van der Waals surface area contributed by atoms with Gasteiger partial charge in [-0.15, -0.1) is 0 Å². The molecule has 0 aliphatic carbocycles. The molecular formula is C30H27NO4. The summed E-state index contributed by atoms with van der Waals surface area (Å²) in [6, 6.07) is 32.3. The maximum atomic E-state index is 13.0. The van der Waals surface area contributed by atoms with Gasteiger partial charge in [0.25, 0.3) is 0 Å². The van der Waals surface area contributed by atoms with E-state index in [2.05, 4.69) is 5.32 Å². The van der Waals surface area contributed by atoms with Crippen molar-refractivity contribution in [2.24, 2.45) is 0 Å². The number of nitrogens with one attached hydrogen (secondary N) is 1. The molecule has 1 N–H and O–H groups in total. The largest absolute Gasteiger partial charge is 0.468 e. The first-order valence-corrected chi connectivity index (χ1v) is 11.4. The molecule has 1 atom stereocenters. The Kier molecular flexibility index (Phi) is 7.70. The van der Waals surface area contributed by atoms with Crippen LogP contribution < -0.4 is 5.32 Å². The minimum Gasteiger partial charge on any atom is -0.468 e. The van der Waals surface area contributed by atoms with Crippen LogP contribution in [0.3, 0.4) is 0 Å². The van der Waals surface area contributed by atoms with E-state index in [1.165, 1.54) is 19.4 Å². The molecule has 0 aliphatic rings. The highest BCUT2D eigenvalue weighted by molar-refractivity contribution is 5.96. The highest BCUT2D eigenvalue weighted by Gasteiger charge is 2.40. The monoisotopic (exact) mass is 465 g/mol. The minimum absolute atomic E-state index is 0.0852. The van der Waals surface area contributed by atoms with Crippen LogP contribution in [-0.4, -0.2) is 24.9 Å². The molecule has 35 heavy (non-hydrogen) atoms. The van der Waals surface area contributed by atoms with Crippen molar-refractivity contribution in [1.82, 2.24) is 5.32 Å². The fraction of sp³-hybridized carbons (Fsp3) is 0.133. The molecule has 0 bridgehead atoms. The fourth-order valence-electron chi connectivity index (χ4n) is 4.24. The average Bonchev–Trinajstić information content (AvgIpc) is 3.45. The number of hydrogen-bond acceptors (Lipinski definition) is 5. The maximum Gasteiger partial charge on any atom is 0.323 e. The summed E-state index contributed by atoms with van der Waals surface area (Å²) in [5.41, 5.74) is 1.90. The van der Waals surface area contributed by atoms with Crippen LogP contribution in [0.1, 0.15) is 28.9 Å². The summed E-state index contributed by atoms with van der Waals surface area (Å²) in [4.78, 5) is 25.9. The summed E-state index contributed by atoms with van der Waals surface area (Å²) in [5.74, 6) is -0.183. The molecule has 0 spiro atoms. The Morgan fingerprint density at radius 1 is 0.829 bits per heavy atom. The standard InChI is InChI=1S/C30H27NO4/c1-34-29(33)28(22-26(32)19-20-27-18-11-21-35-27)31-30(23-12-5-2-6-13-23,24-14-7-3-8-15-24)25-16-9-4-10-17-25/h2-21,28,31H,22H2,1H3/b20-19+/t28-/m0/s1. The van der Waals surface area contributed by atoms with E-state index in [4.69, 9.17) is 9.15 Å². The molecule has 0 radical (unpaired) electrons. The Morgan fingerprint density at radius 3 is 1.77 bits per heavy atom. The Bertz CT molecular complexity index is 1150. The van der Waals surface area contributed by atoms with Gasteiger partial charge in [-0.1, -0.05) is 91.0 Å². The van der Waals surface area contributed by atoms with E-state index >= 15 is 0 Å². The van der Waals surface area contributed by atoms with Crippen LogP contribution in [0.2, 0.25) is 0 Å². The summed E-state index contributed by atoms with van der Waals surface area (Å²) in [7, 11) is 1.33. The van der Waals surface area contributed by atoms with Crippen LogP contribution >= 0.6 is 0 Å². The molecule has 0 unspecified atom stereocenters. The number of rotatable bonds is 10. The lowest BCUT2D eigenvalue weighted by atomic mass is 9.76. The van der Waals surface area contributed by atoms with Crippen molar-refractivity contribution in [3.63, 3.8) is 0 Å². The quantitative estimate of drug-likeness (QED) is 0.194. The second-order valence-corrected chi connectivity index (χ2v) is 8.09. The van der Waals surface area contributed by atoms with E-state index in [0.717, 1.165) is 16.7 Å². The molecule has 176 valence electrons. The van der Waals surface area contributed by atoms with Gasteiger partial charge >= 0.3 is 5.97 Å². The molecule has 1 aromatic heterocycles. The highest BCUT2D eigenvalue weighted by Crippen LogP contribution is 2.37. The number of furan rings is 1. The Balaban J connectivity index is 1.79. The van der Waals surface area contributed by atoms with Crippen LogP contribution in [0.25, 0.3) is 6.08 Å². The van der Waals surface area contributed by atoms with Gasteiger partial charge < -0.3 is 9.15 Å². The minimum atomic E-state index is -0.909. The van der Waals surface area contributed by atoms with E-state index in [-0.39, 0.29) is 12.2 Å². The molecular weight excluding hydrogens is 438 g/mol. The second-order valence-electron chi connectivity index (χ2n) is 8.09. The first-order valence-electron chi connectivity index (χ1n) is 11.4. The van der Waals surface area contributed by atoms with Crippen LogP contribution in [0, 0.1) is 0 Å². The first kappa shape index (κ1) is 23.9. The maximum absolute atomic E-state index is 13.0. The third kappa shape index (κ3) is 5.48. The van der Waals surface area contributed by atoms with Gasteiger partial charge in [0.2, 0.25) is 0 Å². The zero-order valence-electron chi connectivity index (χ0n) is 19.5. The van der Waals surface area contributed by atoms with Gasteiger partial charge in [-0.05, 0) is 41.0 Å². The zero-order valence-corrected chi connectivity index (χ0v) is 19.5. The van der Waals surface area contributed by atoms with Crippen LogP contribution in [-0.2, 0) is 19.9 Å². The van der Waals surface area contributed by atoms with Crippen LogP contribution in [0.5, 0.6) is 0 Å². The first-order chi connectivity index (χ1) is 17.1. The molecule has 0 saturated heterocycles. The third-order valence-corrected chi connectivity index (χ3v) is 5.88. The SMILES string of the molecule is COC(=O)[C@H](CC(=O)/C=C/c1ccco1)NC(c1ccccc1)(c1ccccc1)c1ccccc1. The summed E-state index contributed by atoms with van der Waals surface area (Å²) in [5, 5.41) is 3.54. The molecule has 0 fully saturated rings. The Labute approximate surface area is 205 Å². The number of esters is 1. The highest BCUT2D eigenvalue weighted by atomic mass is 16.5. The van der Waals surface area contributed by atoms with Gasteiger partial charge in [-0.25, -0.2) is 0 Å². The Morgan fingerprint density at radius 2 is 1.34 bits per heavy atom. The molecule has 1 heterocycles. The van der Waals surface area contributed by atoms with E-state index < -0.39 is 17.6 Å². The number of hydrogen-bond donors (Lipinski definition) is 1. The number of benzene rings is 3. The number of allylic oxidation sites excluding steroid dienone is 1. The molecule has 4 aromatic rings. The zero-order chi connectivity index (χ0) is 24.5. The van der Waals surface area contributed by atoms with Crippen molar-refractivity contribution in [2.45, 2.75) is 18.0 Å². The summed E-state index contributed by atoms with van der Waals surface area (Å²) in [6.07, 6.45) is 4.47. The molecule has 5 heteroatoms.